The molecule has 1 saturated carbocycles. The van der Waals surface area contributed by atoms with Gasteiger partial charge in [-0.05, 0) is 36.5 Å². The van der Waals surface area contributed by atoms with Crippen LogP contribution >= 0.6 is 0 Å². The molecule has 21 heavy (non-hydrogen) atoms. The fraction of sp³-hybridized carbons (Fsp3) is 0.500. The third kappa shape index (κ3) is 3.97. The van der Waals surface area contributed by atoms with Crippen molar-refractivity contribution in [3.05, 3.63) is 29.8 Å². The number of hydrogen-bond donors (Lipinski definition) is 2. The lowest BCUT2D eigenvalue weighted by Gasteiger charge is -2.15. The first kappa shape index (κ1) is 15.4. The molecule has 1 aromatic carbocycles. The molecule has 2 N–H and O–H groups in total. The van der Waals surface area contributed by atoms with Gasteiger partial charge in [0, 0.05) is 5.92 Å². The zero-order valence-electron chi connectivity index (χ0n) is 12.6. The molecular formula is C16H21NO4. The summed E-state index contributed by atoms with van der Waals surface area (Å²) in [7, 11) is 0. The van der Waals surface area contributed by atoms with Gasteiger partial charge in [0.15, 0.2) is 6.61 Å². The lowest BCUT2D eigenvalue weighted by atomic mass is 10.1. The zero-order valence-corrected chi connectivity index (χ0v) is 12.6. The number of amides is 1. The number of aliphatic carboxylic acids is 1. The van der Waals surface area contributed by atoms with E-state index in [1.54, 1.807) is 12.1 Å². The van der Waals surface area contributed by atoms with Gasteiger partial charge in [0.25, 0.3) is 0 Å². The van der Waals surface area contributed by atoms with E-state index in [-0.39, 0.29) is 29.9 Å². The minimum Gasteiger partial charge on any atom is -0.482 e. The number of nitrogens with one attached hydrogen (secondary N) is 1. The summed E-state index contributed by atoms with van der Waals surface area (Å²) in [6, 6.07) is 7.01. The van der Waals surface area contributed by atoms with Gasteiger partial charge in [-0.2, -0.15) is 0 Å². The molecule has 0 heterocycles. The first-order valence-corrected chi connectivity index (χ1v) is 7.04. The van der Waals surface area contributed by atoms with Gasteiger partial charge in [0.1, 0.15) is 5.75 Å². The molecule has 0 bridgehead atoms. The molecule has 1 aromatic rings. The topological polar surface area (TPSA) is 75.6 Å². The Morgan fingerprint density at radius 3 is 2.43 bits per heavy atom. The van der Waals surface area contributed by atoms with E-state index in [1.165, 1.54) is 0 Å². The average molecular weight is 291 g/mol. The van der Waals surface area contributed by atoms with Gasteiger partial charge in [0.05, 0.1) is 6.04 Å². The Balaban J connectivity index is 1.89. The summed E-state index contributed by atoms with van der Waals surface area (Å²) in [5.74, 6) is -0.299. The molecule has 1 unspecified atom stereocenters. The monoisotopic (exact) mass is 291 g/mol. The second kappa shape index (κ2) is 5.76. The summed E-state index contributed by atoms with van der Waals surface area (Å²) < 4.78 is 5.07. The molecule has 1 aliphatic rings. The smallest absolute Gasteiger partial charge is 0.341 e. The minimum atomic E-state index is -1.01. The molecule has 2 atom stereocenters. The van der Waals surface area contributed by atoms with E-state index in [4.69, 9.17) is 9.84 Å². The number of ether oxygens (including phenoxy) is 1. The summed E-state index contributed by atoms with van der Waals surface area (Å²) in [6.45, 7) is 5.76. The van der Waals surface area contributed by atoms with E-state index in [9.17, 15) is 9.59 Å². The molecule has 114 valence electrons. The van der Waals surface area contributed by atoms with Crippen molar-refractivity contribution in [1.29, 1.82) is 0 Å². The Hall–Kier alpha value is -2.04. The molecule has 1 amide bonds. The van der Waals surface area contributed by atoms with Gasteiger partial charge in [-0.1, -0.05) is 26.0 Å². The van der Waals surface area contributed by atoms with Crippen LogP contribution < -0.4 is 10.1 Å². The van der Waals surface area contributed by atoms with Crippen LogP contribution in [0.5, 0.6) is 5.75 Å². The Bertz CT molecular complexity index is 536. The number of benzene rings is 1. The lowest BCUT2D eigenvalue weighted by Crippen LogP contribution is -2.29. The van der Waals surface area contributed by atoms with Crippen molar-refractivity contribution in [2.45, 2.75) is 33.2 Å². The van der Waals surface area contributed by atoms with Crippen molar-refractivity contribution < 1.29 is 19.4 Å². The summed E-state index contributed by atoms with van der Waals surface area (Å²) in [5.41, 5.74) is 1.09. The number of rotatable bonds is 6. The van der Waals surface area contributed by atoms with Crippen LogP contribution in [0.25, 0.3) is 0 Å². The van der Waals surface area contributed by atoms with Crippen molar-refractivity contribution in [3.8, 4) is 5.75 Å². The van der Waals surface area contributed by atoms with Gasteiger partial charge in [0.2, 0.25) is 5.91 Å². The van der Waals surface area contributed by atoms with Crippen molar-refractivity contribution in [2.75, 3.05) is 6.61 Å². The van der Waals surface area contributed by atoms with E-state index < -0.39 is 5.97 Å². The number of carboxylic acids is 1. The largest absolute Gasteiger partial charge is 0.482 e. The molecule has 0 aromatic heterocycles. The average Bonchev–Trinajstić information content (AvgIpc) is 3.06. The van der Waals surface area contributed by atoms with Crippen molar-refractivity contribution >= 4 is 11.9 Å². The van der Waals surface area contributed by atoms with E-state index in [0.717, 1.165) is 12.0 Å². The normalized spacial score (nSPS) is 20.4. The predicted molar refractivity (Wildman–Crippen MR) is 78.0 cm³/mol. The Morgan fingerprint density at radius 2 is 1.95 bits per heavy atom. The van der Waals surface area contributed by atoms with Gasteiger partial charge < -0.3 is 15.2 Å². The third-order valence-electron chi connectivity index (χ3n) is 3.93. The van der Waals surface area contributed by atoms with E-state index in [2.05, 4.69) is 19.2 Å². The lowest BCUT2D eigenvalue weighted by molar-refractivity contribution is -0.139. The van der Waals surface area contributed by atoms with Gasteiger partial charge >= 0.3 is 5.97 Å². The Kier molecular flexibility index (Phi) is 4.21. The van der Waals surface area contributed by atoms with Crippen LogP contribution in [0, 0.1) is 11.3 Å². The fourth-order valence-corrected chi connectivity index (χ4v) is 2.31. The second-order valence-electron chi connectivity index (χ2n) is 6.23. The van der Waals surface area contributed by atoms with Crippen molar-refractivity contribution in [1.82, 2.24) is 5.32 Å². The van der Waals surface area contributed by atoms with Crippen LogP contribution in [0.4, 0.5) is 0 Å². The standard InChI is InChI=1S/C16H21NO4/c1-10(17-15(20)13-8-16(13,2)3)11-4-6-12(7-5-11)21-9-14(18)19/h4-7,10,13H,8-9H2,1-3H3,(H,17,20)(H,18,19)/t10?,13-/m1/s1. The first-order valence-electron chi connectivity index (χ1n) is 7.04. The molecule has 0 saturated heterocycles. The zero-order chi connectivity index (χ0) is 15.6. The molecular weight excluding hydrogens is 270 g/mol. The molecule has 0 spiro atoms. The van der Waals surface area contributed by atoms with Crippen molar-refractivity contribution in [2.24, 2.45) is 11.3 Å². The highest BCUT2D eigenvalue weighted by Crippen LogP contribution is 2.51. The molecule has 2 rings (SSSR count). The summed E-state index contributed by atoms with van der Waals surface area (Å²) in [5, 5.41) is 11.6. The van der Waals surface area contributed by atoms with Crippen LogP contribution in [0.15, 0.2) is 24.3 Å². The summed E-state index contributed by atoms with van der Waals surface area (Å²) >= 11 is 0. The highest BCUT2D eigenvalue weighted by molar-refractivity contribution is 5.82. The van der Waals surface area contributed by atoms with Crippen LogP contribution in [0.1, 0.15) is 38.8 Å². The maximum atomic E-state index is 12.0. The van der Waals surface area contributed by atoms with Crippen LogP contribution in [0.3, 0.4) is 0 Å². The summed E-state index contributed by atoms with van der Waals surface area (Å²) in [6.07, 6.45) is 0.938. The Morgan fingerprint density at radius 1 is 1.38 bits per heavy atom. The predicted octanol–water partition coefficient (Wildman–Crippen LogP) is 2.37. The van der Waals surface area contributed by atoms with E-state index >= 15 is 0 Å². The Labute approximate surface area is 124 Å². The van der Waals surface area contributed by atoms with Crippen molar-refractivity contribution in [3.63, 3.8) is 0 Å². The molecule has 1 aliphatic carbocycles. The number of carbonyl (C=O) groups excluding carboxylic acids is 1. The highest BCUT2D eigenvalue weighted by Gasteiger charge is 2.50. The SMILES string of the molecule is CC(NC(=O)[C@H]1CC1(C)C)c1ccc(OCC(=O)O)cc1. The first-order chi connectivity index (χ1) is 9.79. The van der Waals surface area contributed by atoms with Gasteiger partial charge in [-0.15, -0.1) is 0 Å². The highest BCUT2D eigenvalue weighted by atomic mass is 16.5. The quantitative estimate of drug-likeness (QED) is 0.843. The summed E-state index contributed by atoms with van der Waals surface area (Å²) in [4.78, 5) is 22.5. The van der Waals surface area contributed by atoms with E-state index in [0.29, 0.717) is 5.75 Å². The molecule has 0 radical (unpaired) electrons. The van der Waals surface area contributed by atoms with Gasteiger partial charge in [-0.3, -0.25) is 4.79 Å². The molecule has 5 nitrogen and oxygen atoms in total. The number of carboxylic acid groups (broad SMARTS) is 1. The maximum Gasteiger partial charge on any atom is 0.341 e. The maximum absolute atomic E-state index is 12.0. The van der Waals surface area contributed by atoms with Gasteiger partial charge in [-0.25, -0.2) is 4.79 Å². The number of carbonyl (C=O) groups is 2. The second-order valence-corrected chi connectivity index (χ2v) is 6.23. The van der Waals surface area contributed by atoms with Crippen LogP contribution in [0.2, 0.25) is 0 Å². The minimum absolute atomic E-state index is 0.0811. The molecule has 1 fully saturated rings. The van der Waals surface area contributed by atoms with Crippen LogP contribution in [-0.2, 0) is 9.59 Å². The third-order valence-corrected chi connectivity index (χ3v) is 3.93. The number of hydrogen-bond acceptors (Lipinski definition) is 3. The van der Waals surface area contributed by atoms with Crippen LogP contribution in [-0.4, -0.2) is 23.6 Å². The molecule has 5 heteroatoms. The fourth-order valence-electron chi connectivity index (χ4n) is 2.31. The molecule has 0 aliphatic heterocycles. The van der Waals surface area contributed by atoms with E-state index in [1.807, 2.05) is 19.1 Å².